The molecule has 0 bridgehead atoms. The van der Waals surface area contributed by atoms with Crippen molar-refractivity contribution >= 4 is 17.7 Å². The van der Waals surface area contributed by atoms with Crippen LogP contribution in [0.25, 0.3) is 0 Å². The van der Waals surface area contributed by atoms with Crippen molar-refractivity contribution in [2.24, 2.45) is 0 Å². The molecule has 0 unspecified atom stereocenters. The number of esters is 1. The van der Waals surface area contributed by atoms with Gasteiger partial charge < -0.3 is 19.7 Å². The number of nitrogens with one attached hydrogen (secondary N) is 1. The van der Waals surface area contributed by atoms with Gasteiger partial charge in [-0.25, -0.2) is 4.79 Å². The molecule has 2 atom stereocenters. The molecule has 1 aliphatic heterocycles. The third-order valence-electron chi connectivity index (χ3n) is 4.57. The van der Waals surface area contributed by atoms with Crippen LogP contribution in [0.1, 0.15) is 65.0 Å². The Bertz CT molecular complexity index is 657. The molecule has 0 aliphatic carbocycles. The molecule has 7 nitrogen and oxygen atoms in total. The molecule has 1 aliphatic rings. The predicted molar refractivity (Wildman–Crippen MR) is 104 cm³/mol. The molecule has 1 N–H and O–H groups in total. The zero-order valence-electron chi connectivity index (χ0n) is 16.9. The molecule has 7 heteroatoms. The van der Waals surface area contributed by atoms with E-state index in [0.717, 1.165) is 30.6 Å². The van der Waals surface area contributed by atoms with E-state index < -0.39 is 23.7 Å². The van der Waals surface area contributed by atoms with Gasteiger partial charge in [0.1, 0.15) is 5.60 Å². The largest absolute Gasteiger partial charge is 0.469 e. The maximum atomic E-state index is 12.2. The molecule has 1 aromatic heterocycles. The zero-order chi connectivity index (χ0) is 20.0. The molecule has 1 amide bonds. The lowest BCUT2D eigenvalue weighted by atomic mass is 10.0. The van der Waals surface area contributed by atoms with E-state index in [9.17, 15) is 9.59 Å². The van der Waals surface area contributed by atoms with Crippen molar-refractivity contribution < 1.29 is 19.1 Å². The maximum Gasteiger partial charge on any atom is 0.408 e. The summed E-state index contributed by atoms with van der Waals surface area (Å²) in [7, 11) is 1.33. The SMILES string of the molecule is COC(=O)C[C@H](NC(=O)OC(C)(C)C)c1cncc(N2CCCC[C@@H]2C)c1. The van der Waals surface area contributed by atoms with E-state index in [1.807, 2.05) is 12.3 Å². The highest BCUT2D eigenvalue weighted by Crippen LogP contribution is 2.27. The second kappa shape index (κ2) is 9.06. The van der Waals surface area contributed by atoms with Gasteiger partial charge in [-0.3, -0.25) is 9.78 Å². The van der Waals surface area contributed by atoms with Gasteiger partial charge in [0, 0.05) is 18.8 Å². The average molecular weight is 377 g/mol. The fourth-order valence-electron chi connectivity index (χ4n) is 3.23. The molecule has 2 rings (SSSR count). The topological polar surface area (TPSA) is 80.8 Å². The second-order valence-electron chi connectivity index (χ2n) is 7.99. The first kappa shape index (κ1) is 21.0. The van der Waals surface area contributed by atoms with Crippen LogP contribution in [0.2, 0.25) is 0 Å². The summed E-state index contributed by atoms with van der Waals surface area (Å²) in [5, 5.41) is 2.78. The number of amides is 1. The molecule has 2 heterocycles. The Balaban J connectivity index is 2.22. The fraction of sp³-hybridized carbons (Fsp3) is 0.650. The first-order valence-electron chi connectivity index (χ1n) is 9.47. The minimum Gasteiger partial charge on any atom is -0.469 e. The zero-order valence-corrected chi connectivity index (χ0v) is 16.9. The Hall–Kier alpha value is -2.31. The van der Waals surface area contributed by atoms with Crippen LogP contribution in [0, 0.1) is 0 Å². The van der Waals surface area contributed by atoms with E-state index in [0.29, 0.717) is 6.04 Å². The van der Waals surface area contributed by atoms with E-state index in [4.69, 9.17) is 9.47 Å². The van der Waals surface area contributed by atoms with Crippen LogP contribution in [-0.4, -0.2) is 42.3 Å². The minimum absolute atomic E-state index is 0.0103. The summed E-state index contributed by atoms with van der Waals surface area (Å²) in [5.41, 5.74) is 1.13. The third kappa shape index (κ3) is 6.41. The number of pyridine rings is 1. The predicted octanol–water partition coefficient (Wildman–Crippen LogP) is 3.59. The lowest BCUT2D eigenvalue weighted by Gasteiger charge is -2.35. The van der Waals surface area contributed by atoms with Gasteiger partial charge in [-0.1, -0.05) is 0 Å². The summed E-state index contributed by atoms with van der Waals surface area (Å²) in [5.74, 6) is -0.409. The number of carbonyl (C=O) groups is 2. The van der Waals surface area contributed by atoms with Gasteiger partial charge in [-0.15, -0.1) is 0 Å². The first-order chi connectivity index (χ1) is 12.7. The molecular formula is C20H31N3O4. The number of nitrogens with zero attached hydrogens (tertiary/aromatic N) is 2. The lowest BCUT2D eigenvalue weighted by Crippen LogP contribution is -2.38. The summed E-state index contributed by atoms with van der Waals surface area (Å²) < 4.78 is 10.1. The molecule has 150 valence electrons. The number of carbonyl (C=O) groups excluding carboxylic acids is 2. The number of ether oxygens (including phenoxy) is 2. The molecule has 1 fully saturated rings. The molecule has 0 spiro atoms. The van der Waals surface area contributed by atoms with E-state index >= 15 is 0 Å². The van der Waals surface area contributed by atoms with Crippen molar-refractivity contribution in [3.05, 3.63) is 24.0 Å². The summed E-state index contributed by atoms with van der Waals surface area (Å²) in [4.78, 5) is 30.8. The summed E-state index contributed by atoms with van der Waals surface area (Å²) in [6.07, 6.45) is 6.46. The average Bonchev–Trinajstić information content (AvgIpc) is 2.60. The number of aromatic nitrogens is 1. The molecule has 0 saturated carbocycles. The molecule has 27 heavy (non-hydrogen) atoms. The summed E-state index contributed by atoms with van der Waals surface area (Å²) in [6.45, 7) is 8.57. The van der Waals surface area contributed by atoms with Crippen molar-refractivity contribution in [2.45, 2.75) is 71.1 Å². The Kier molecular flexibility index (Phi) is 7.05. The minimum atomic E-state index is -0.622. The quantitative estimate of drug-likeness (QED) is 0.790. The van der Waals surface area contributed by atoms with Gasteiger partial charge in [0.2, 0.25) is 0 Å². The second-order valence-corrected chi connectivity index (χ2v) is 7.99. The number of alkyl carbamates (subject to hydrolysis) is 1. The summed E-state index contributed by atoms with van der Waals surface area (Å²) in [6, 6.07) is 1.85. The van der Waals surface area contributed by atoms with Gasteiger partial charge in [0.05, 0.1) is 31.5 Å². The van der Waals surface area contributed by atoms with Crippen molar-refractivity contribution in [1.29, 1.82) is 0 Å². The maximum absolute atomic E-state index is 12.2. The van der Waals surface area contributed by atoms with Crippen LogP contribution >= 0.6 is 0 Å². The standard InChI is InChI=1S/C20H31N3O4/c1-14-8-6-7-9-23(14)16-10-15(12-21-13-16)17(11-18(24)26-5)22-19(25)27-20(2,3)4/h10,12-14,17H,6-9,11H2,1-5H3,(H,22,25)/t14-,17-/m0/s1. The fourth-order valence-corrected chi connectivity index (χ4v) is 3.23. The van der Waals surface area contributed by atoms with Crippen molar-refractivity contribution in [3.63, 3.8) is 0 Å². The number of hydrogen-bond acceptors (Lipinski definition) is 6. The molecular weight excluding hydrogens is 346 g/mol. The van der Waals surface area contributed by atoms with Crippen LogP contribution in [0.4, 0.5) is 10.5 Å². The van der Waals surface area contributed by atoms with Crippen LogP contribution < -0.4 is 10.2 Å². The number of anilines is 1. The Morgan fingerprint density at radius 3 is 2.70 bits per heavy atom. The van der Waals surface area contributed by atoms with Gasteiger partial charge >= 0.3 is 12.1 Å². The molecule has 0 radical (unpaired) electrons. The van der Waals surface area contributed by atoms with Crippen LogP contribution in [0.3, 0.4) is 0 Å². The normalized spacial score (nSPS) is 18.6. The number of methoxy groups -OCH3 is 1. The first-order valence-corrected chi connectivity index (χ1v) is 9.47. The molecule has 1 aromatic rings. The highest BCUT2D eigenvalue weighted by molar-refractivity contribution is 5.73. The van der Waals surface area contributed by atoms with Gasteiger partial charge in [-0.05, 0) is 58.6 Å². The summed E-state index contributed by atoms with van der Waals surface area (Å²) >= 11 is 0. The molecule has 1 saturated heterocycles. The van der Waals surface area contributed by atoms with Crippen molar-refractivity contribution in [2.75, 3.05) is 18.6 Å². The van der Waals surface area contributed by atoms with Crippen molar-refractivity contribution in [1.82, 2.24) is 10.3 Å². The lowest BCUT2D eigenvalue weighted by molar-refractivity contribution is -0.141. The van der Waals surface area contributed by atoms with E-state index in [-0.39, 0.29) is 6.42 Å². The number of rotatable bonds is 5. The van der Waals surface area contributed by atoms with Gasteiger partial charge in [-0.2, -0.15) is 0 Å². The van der Waals surface area contributed by atoms with Crippen LogP contribution in [0.5, 0.6) is 0 Å². The highest BCUT2D eigenvalue weighted by atomic mass is 16.6. The van der Waals surface area contributed by atoms with Crippen LogP contribution in [0.15, 0.2) is 18.5 Å². The smallest absolute Gasteiger partial charge is 0.408 e. The van der Waals surface area contributed by atoms with Crippen molar-refractivity contribution in [3.8, 4) is 0 Å². The highest BCUT2D eigenvalue weighted by Gasteiger charge is 2.25. The Morgan fingerprint density at radius 1 is 1.33 bits per heavy atom. The number of hydrogen-bond donors (Lipinski definition) is 1. The Labute approximate surface area is 161 Å². The third-order valence-corrected chi connectivity index (χ3v) is 4.57. The van der Waals surface area contributed by atoms with E-state index in [1.165, 1.54) is 13.5 Å². The monoisotopic (exact) mass is 377 g/mol. The van der Waals surface area contributed by atoms with Gasteiger partial charge in [0.25, 0.3) is 0 Å². The number of piperidine rings is 1. The van der Waals surface area contributed by atoms with E-state index in [2.05, 4.69) is 22.1 Å². The van der Waals surface area contributed by atoms with Gasteiger partial charge in [0.15, 0.2) is 0 Å². The molecule has 0 aromatic carbocycles. The van der Waals surface area contributed by atoms with Crippen LogP contribution in [-0.2, 0) is 14.3 Å². The van der Waals surface area contributed by atoms with E-state index in [1.54, 1.807) is 27.0 Å². The Morgan fingerprint density at radius 2 is 2.07 bits per heavy atom.